The van der Waals surface area contributed by atoms with Gasteiger partial charge in [-0.05, 0) is 11.1 Å². The predicted octanol–water partition coefficient (Wildman–Crippen LogP) is 0.847. The molecule has 0 unspecified atom stereocenters. The summed E-state index contributed by atoms with van der Waals surface area (Å²) in [5.74, 6) is 0.779. The SMILES string of the molecule is CN=C(NCCOCCOC)NCc1ccccc1CN1CCOCC1. The summed E-state index contributed by atoms with van der Waals surface area (Å²) in [5.41, 5.74) is 2.64. The van der Waals surface area contributed by atoms with Crippen molar-refractivity contribution in [3.05, 3.63) is 35.4 Å². The van der Waals surface area contributed by atoms with E-state index in [0.29, 0.717) is 26.4 Å². The van der Waals surface area contributed by atoms with Crippen molar-refractivity contribution < 1.29 is 14.2 Å². The van der Waals surface area contributed by atoms with Gasteiger partial charge in [-0.3, -0.25) is 9.89 Å². The fourth-order valence-corrected chi connectivity index (χ4v) is 2.77. The van der Waals surface area contributed by atoms with Crippen LogP contribution in [0.2, 0.25) is 0 Å². The van der Waals surface area contributed by atoms with Crippen molar-refractivity contribution in [3.63, 3.8) is 0 Å². The molecule has 0 aliphatic carbocycles. The van der Waals surface area contributed by atoms with E-state index in [-0.39, 0.29) is 0 Å². The minimum atomic E-state index is 0.610. The maximum Gasteiger partial charge on any atom is 0.191 e. The molecule has 1 aromatic carbocycles. The molecule has 0 aromatic heterocycles. The molecule has 2 N–H and O–H groups in total. The Balaban J connectivity index is 1.76. The van der Waals surface area contributed by atoms with Gasteiger partial charge >= 0.3 is 0 Å². The van der Waals surface area contributed by atoms with Crippen molar-refractivity contribution in [2.45, 2.75) is 13.1 Å². The van der Waals surface area contributed by atoms with Crippen LogP contribution in [-0.2, 0) is 27.3 Å². The zero-order valence-electron chi connectivity index (χ0n) is 16.0. The van der Waals surface area contributed by atoms with Crippen LogP contribution >= 0.6 is 0 Å². The summed E-state index contributed by atoms with van der Waals surface area (Å²) in [6, 6.07) is 8.56. The van der Waals surface area contributed by atoms with Crippen LogP contribution in [-0.4, -0.2) is 77.7 Å². The summed E-state index contributed by atoms with van der Waals surface area (Å²) in [4.78, 5) is 6.71. The van der Waals surface area contributed by atoms with Crippen LogP contribution in [0, 0.1) is 0 Å². The number of guanidine groups is 1. The molecule has 1 fully saturated rings. The van der Waals surface area contributed by atoms with Crippen LogP contribution in [0.3, 0.4) is 0 Å². The lowest BCUT2D eigenvalue weighted by Gasteiger charge is -2.27. The molecule has 1 saturated heterocycles. The van der Waals surface area contributed by atoms with Gasteiger partial charge < -0.3 is 24.8 Å². The maximum atomic E-state index is 5.45. The van der Waals surface area contributed by atoms with Gasteiger partial charge in [-0.25, -0.2) is 0 Å². The summed E-state index contributed by atoms with van der Waals surface area (Å²) < 4.78 is 15.8. The molecular weight excluding hydrogens is 332 g/mol. The first-order valence-electron chi connectivity index (χ1n) is 9.21. The number of aliphatic imine (C=N–C) groups is 1. The molecule has 2 rings (SSSR count). The third-order valence-corrected chi connectivity index (χ3v) is 4.26. The summed E-state index contributed by atoms with van der Waals surface area (Å²) >= 11 is 0. The molecular formula is C19H32N4O3. The molecule has 26 heavy (non-hydrogen) atoms. The monoisotopic (exact) mass is 364 g/mol. The van der Waals surface area contributed by atoms with Crippen molar-refractivity contribution in [2.75, 3.05) is 66.8 Å². The van der Waals surface area contributed by atoms with Crippen LogP contribution in [0.5, 0.6) is 0 Å². The second kappa shape index (κ2) is 12.6. The fraction of sp³-hybridized carbons (Fsp3) is 0.632. The number of hydrogen-bond acceptors (Lipinski definition) is 5. The Bertz CT molecular complexity index is 533. The molecule has 1 aromatic rings. The minimum absolute atomic E-state index is 0.610. The van der Waals surface area contributed by atoms with Gasteiger partial charge in [0.25, 0.3) is 0 Å². The summed E-state index contributed by atoms with van der Waals surface area (Å²) in [7, 11) is 3.45. The van der Waals surface area contributed by atoms with Gasteiger partial charge in [0.05, 0.1) is 33.0 Å². The molecule has 0 amide bonds. The van der Waals surface area contributed by atoms with Gasteiger partial charge in [-0.15, -0.1) is 0 Å². The Labute approximate surface area is 156 Å². The Morgan fingerprint density at radius 2 is 1.88 bits per heavy atom. The molecule has 7 nitrogen and oxygen atoms in total. The average molecular weight is 364 g/mol. The number of hydrogen-bond donors (Lipinski definition) is 2. The number of methoxy groups -OCH3 is 1. The maximum absolute atomic E-state index is 5.45. The van der Waals surface area contributed by atoms with Gasteiger partial charge in [0, 0.05) is 46.9 Å². The van der Waals surface area contributed by atoms with E-state index in [1.165, 1.54) is 11.1 Å². The lowest BCUT2D eigenvalue weighted by molar-refractivity contribution is 0.0341. The number of benzene rings is 1. The quantitative estimate of drug-likeness (QED) is 0.364. The van der Waals surface area contributed by atoms with Crippen molar-refractivity contribution >= 4 is 5.96 Å². The first-order chi connectivity index (χ1) is 12.8. The van der Waals surface area contributed by atoms with Crippen LogP contribution in [0.25, 0.3) is 0 Å². The highest BCUT2D eigenvalue weighted by Gasteiger charge is 2.12. The lowest BCUT2D eigenvalue weighted by Crippen LogP contribution is -2.39. The number of nitrogens with zero attached hydrogens (tertiary/aromatic N) is 2. The first kappa shape index (κ1) is 20.6. The zero-order chi connectivity index (χ0) is 18.5. The first-order valence-corrected chi connectivity index (χ1v) is 9.21. The molecule has 0 saturated carbocycles. The van der Waals surface area contributed by atoms with Gasteiger partial charge in [-0.1, -0.05) is 24.3 Å². The highest BCUT2D eigenvalue weighted by atomic mass is 16.5. The van der Waals surface area contributed by atoms with E-state index >= 15 is 0 Å². The molecule has 0 radical (unpaired) electrons. The number of rotatable bonds is 10. The average Bonchev–Trinajstić information content (AvgIpc) is 2.69. The molecule has 1 heterocycles. The molecule has 1 aliphatic rings. The lowest BCUT2D eigenvalue weighted by atomic mass is 10.1. The third-order valence-electron chi connectivity index (χ3n) is 4.26. The standard InChI is InChI=1S/C19H32N4O3/c1-20-19(21-7-10-25-14-13-24-2)22-15-17-5-3-4-6-18(17)16-23-8-11-26-12-9-23/h3-6H,7-16H2,1-2H3,(H2,20,21,22). The van der Waals surface area contributed by atoms with E-state index in [4.69, 9.17) is 14.2 Å². The summed E-state index contributed by atoms with van der Waals surface area (Å²) in [6.45, 7) is 7.89. The van der Waals surface area contributed by atoms with E-state index in [1.54, 1.807) is 14.2 Å². The molecule has 0 bridgehead atoms. The molecule has 0 spiro atoms. The number of morpholine rings is 1. The summed E-state index contributed by atoms with van der Waals surface area (Å²) in [5, 5.41) is 6.64. The number of ether oxygens (including phenoxy) is 3. The normalized spacial score (nSPS) is 15.8. The van der Waals surface area contributed by atoms with Gasteiger partial charge in [-0.2, -0.15) is 0 Å². The van der Waals surface area contributed by atoms with E-state index in [0.717, 1.165) is 45.4 Å². The van der Waals surface area contributed by atoms with Crippen molar-refractivity contribution in [1.82, 2.24) is 15.5 Å². The van der Waals surface area contributed by atoms with E-state index < -0.39 is 0 Å². The predicted molar refractivity (Wildman–Crippen MR) is 103 cm³/mol. The zero-order valence-corrected chi connectivity index (χ0v) is 16.0. The molecule has 7 heteroatoms. The van der Waals surface area contributed by atoms with Crippen molar-refractivity contribution in [2.24, 2.45) is 4.99 Å². The van der Waals surface area contributed by atoms with Gasteiger partial charge in [0.2, 0.25) is 0 Å². The number of nitrogens with one attached hydrogen (secondary N) is 2. The third kappa shape index (κ3) is 7.70. The van der Waals surface area contributed by atoms with E-state index in [1.807, 2.05) is 0 Å². The Morgan fingerprint density at radius 3 is 2.62 bits per heavy atom. The van der Waals surface area contributed by atoms with Crippen LogP contribution < -0.4 is 10.6 Å². The van der Waals surface area contributed by atoms with Crippen molar-refractivity contribution in [3.8, 4) is 0 Å². The highest BCUT2D eigenvalue weighted by molar-refractivity contribution is 5.79. The van der Waals surface area contributed by atoms with Crippen LogP contribution in [0.4, 0.5) is 0 Å². The van der Waals surface area contributed by atoms with Crippen LogP contribution in [0.1, 0.15) is 11.1 Å². The van der Waals surface area contributed by atoms with Crippen LogP contribution in [0.15, 0.2) is 29.3 Å². The minimum Gasteiger partial charge on any atom is -0.382 e. The summed E-state index contributed by atoms with van der Waals surface area (Å²) in [6.07, 6.45) is 0. The Morgan fingerprint density at radius 1 is 1.12 bits per heavy atom. The largest absolute Gasteiger partial charge is 0.382 e. The smallest absolute Gasteiger partial charge is 0.191 e. The molecule has 1 aliphatic heterocycles. The second-order valence-electron chi connectivity index (χ2n) is 6.11. The fourth-order valence-electron chi connectivity index (χ4n) is 2.77. The van der Waals surface area contributed by atoms with E-state index in [2.05, 4.69) is 44.8 Å². The van der Waals surface area contributed by atoms with Gasteiger partial charge in [0.15, 0.2) is 5.96 Å². The van der Waals surface area contributed by atoms with Gasteiger partial charge in [0.1, 0.15) is 0 Å². The Hall–Kier alpha value is -1.67. The second-order valence-corrected chi connectivity index (χ2v) is 6.11. The molecule has 146 valence electrons. The Kier molecular flexibility index (Phi) is 10.0. The highest BCUT2D eigenvalue weighted by Crippen LogP contribution is 2.12. The topological polar surface area (TPSA) is 67.4 Å². The molecule has 0 atom stereocenters. The van der Waals surface area contributed by atoms with E-state index in [9.17, 15) is 0 Å². The van der Waals surface area contributed by atoms with Crippen molar-refractivity contribution in [1.29, 1.82) is 0 Å².